The number of aryl methyl sites for hydroxylation is 1. The van der Waals surface area contributed by atoms with Crippen LogP contribution in [0.1, 0.15) is 43.4 Å². The molecule has 0 spiro atoms. The molecule has 6 rings (SSSR count). The Kier molecular flexibility index (Phi) is 6.45. The first-order valence-electron chi connectivity index (χ1n) is 13.4. The number of carbonyl (C=O) groups excluding carboxylic acids is 1. The van der Waals surface area contributed by atoms with E-state index in [1.807, 2.05) is 39.7 Å². The van der Waals surface area contributed by atoms with E-state index in [0.717, 1.165) is 60.4 Å². The molecule has 1 unspecified atom stereocenters. The molecule has 7 nitrogen and oxygen atoms in total. The van der Waals surface area contributed by atoms with Crippen molar-refractivity contribution in [2.75, 3.05) is 13.7 Å². The third kappa shape index (κ3) is 4.37. The average Bonchev–Trinajstić information content (AvgIpc) is 3.53. The van der Waals surface area contributed by atoms with E-state index in [-0.39, 0.29) is 11.9 Å². The highest BCUT2D eigenvalue weighted by atomic mass is 16.5. The first kappa shape index (κ1) is 24.4. The molecule has 1 amide bonds. The second-order valence-corrected chi connectivity index (χ2v) is 10.3. The second kappa shape index (κ2) is 10.1. The van der Waals surface area contributed by atoms with E-state index >= 15 is 0 Å². The van der Waals surface area contributed by atoms with Gasteiger partial charge in [-0.05, 0) is 61.9 Å². The summed E-state index contributed by atoms with van der Waals surface area (Å²) in [7, 11) is 1.63. The van der Waals surface area contributed by atoms with E-state index in [4.69, 9.17) is 9.72 Å². The van der Waals surface area contributed by atoms with Gasteiger partial charge in [0.1, 0.15) is 5.69 Å². The maximum Gasteiger partial charge on any atom is 0.246 e. The summed E-state index contributed by atoms with van der Waals surface area (Å²) >= 11 is 0. The highest BCUT2D eigenvalue weighted by molar-refractivity contribution is 5.87. The topological polar surface area (TPSA) is 71.8 Å². The first-order chi connectivity index (χ1) is 18.6. The lowest BCUT2D eigenvalue weighted by atomic mass is 9.96. The molecule has 2 aliphatic rings. The number of hydrogen-bond donors (Lipinski definition) is 1. The molecule has 7 heteroatoms. The van der Waals surface area contributed by atoms with Crippen LogP contribution in [0.15, 0.2) is 73.3 Å². The highest BCUT2D eigenvalue weighted by Crippen LogP contribution is 2.38. The van der Waals surface area contributed by atoms with Crippen molar-refractivity contribution in [2.24, 2.45) is 0 Å². The van der Waals surface area contributed by atoms with Gasteiger partial charge in [0, 0.05) is 41.9 Å². The van der Waals surface area contributed by atoms with Gasteiger partial charge in [0.2, 0.25) is 11.8 Å². The van der Waals surface area contributed by atoms with Crippen LogP contribution in [0, 0.1) is 0 Å². The molecule has 194 valence electrons. The number of nitrogens with zero attached hydrogens (tertiary/aromatic N) is 4. The summed E-state index contributed by atoms with van der Waals surface area (Å²) in [4.78, 5) is 19.0. The van der Waals surface area contributed by atoms with Crippen LogP contribution in [0.4, 0.5) is 0 Å². The minimum absolute atomic E-state index is 0.0325. The van der Waals surface area contributed by atoms with Gasteiger partial charge >= 0.3 is 0 Å². The van der Waals surface area contributed by atoms with E-state index < -0.39 is 0 Å². The summed E-state index contributed by atoms with van der Waals surface area (Å²) in [5.74, 6) is 0.584. The van der Waals surface area contributed by atoms with Gasteiger partial charge in [0.25, 0.3) is 0 Å². The number of carbonyl (C=O) groups is 1. The number of imidazole rings is 1. The van der Waals surface area contributed by atoms with E-state index in [0.29, 0.717) is 18.0 Å². The Hall–Kier alpha value is -3.97. The standard InChI is InChI=1S/C31H33N5O2/c1-4-29(37)35-17-16-24(18-20(35)2)32-26-13-11-22-19-23(10-12-25(22)26)30-31(21-8-6-5-7-9-21)36-27(33-30)14-15-28(34-36)38-3/h4-10,12,14-15,19-20,24,26,32H,1,11,13,16-18H2,2-3H3/t20-,24?,26+/m1/s1. The van der Waals surface area contributed by atoms with Crippen molar-refractivity contribution in [1.82, 2.24) is 24.8 Å². The van der Waals surface area contributed by atoms with Crippen LogP contribution in [-0.4, -0.2) is 51.1 Å². The molecule has 4 aromatic rings. The van der Waals surface area contributed by atoms with Crippen molar-refractivity contribution < 1.29 is 9.53 Å². The Labute approximate surface area is 223 Å². The van der Waals surface area contributed by atoms with E-state index in [1.165, 1.54) is 17.2 Å². The lowest BCUT2D eigenvalue weighted by Crippen LogP contribution is -2.49. The fourth-order valence-electron chi connectivity index (χ4n) is 6.07. The SMILES string of the molecule is C=CC(=O)N1CCC(N[C@H]2CCc3cc(-c4nc5ccc(OC)nn5c4-c4ccccc4)ccc32)C[C@H]1C. The number of nitrogens with one attached hydrogen (secondary N) is 1. The molecule has 3 atom stereocenters. The van der Waals surface area contributed by atoms with Crippen molar-refractivity contribution in [3.63, 3.8) is 0 Å². The number of piperidine rings is 1. The van der Waals surface area contributed by atoms with Crippen LogP contribution in [0.5, 0.6) is 5.88 Å². The van der Waals surface area contributed by atoms with E-state index in [2.05, 4.69) is 54.2 Å². The molecule has 1 N–H and O–H groups in total. The number of likely N-dealkylation sites (tertiary alicyclic amines) is 1. The summed E-state index contributed by atoms with van der Waals surface area (Å²) in [6, 6.07) is 21.8. The molecule has 0 radical (unpaired) electrons. The lowest BCUT2D eigenvalue weighted by Gasteiger charge is -2.38. The summed E-state index contributed by atoms with van der Waals surface area (Å²) in [5, 5.41) is 8.59. The Morgan fingerprint density at radius 1 is 1.11 bits per heavy atom. The van der Waals surface area contributed by atoms with Crippen LogP contribution in [0.3, 0.4) is 0 Å². The Bertz CT molecular complexity index is 1500. The van der Waals surface area contributed by atoms with Crippen molar-refractivity contribution in [3.05, 3.63) is 84.4 Å². The van der Waals surface area contributed by atoms with Gasteiger partial charge in [0.15, 0.2) is 5.65 Å². The Balaban J connectivity index is 1.29. The fourth-order valence-corrected chi connectivity index (χ4v) is 6.07. The average molecular weight is 508 g/mol. The molecule has 3 heterocycles. The molecular formula is C31H33N5O2. The van der Waals surface area contributed by atoms with Gasteiger partial charge in [-0.1, -0.05) is 49.0 Å². The van der Waals surface area contributed by atoms with Crippen LogP contribution in [0.25, 0.3) is 28.2 Å². The number of benzene rings is 2. The van der Waals surface area contributed by atoms with Crippen molar-refractivity contribution in [1.29, 1.82) is 0 Å². The lowest BCUT2D eigenvalue weighted by molar-refractivity contribution is -0.129. The second-order valence-electron chi connectivity index (χ2n) is 10.3. The number of ether oxygens (including phenoxy) is 1. The van der Waals surface area contributed by atoms with Gasteiger partial charge in [-0.15, -0.1) is 5.10 Å². The third-order valence-corrected chi connectivity index (χ3v) is 7.97. The molecule has 1 aliphatic carbocycles. The Morgan fingerprint density at radius 2 is 1.95 bits per heavy atom. The number of amides is 1. The predicted molar refractivity (Wildman–Crippen MR) is 149 cm³/mol. The van der Waals surface area contributed by atoms with E-state index in [9.17, 15) is 4.79 Å². The summed E-state index contributed by atoms with van der Waals surface area (Å²) in [5.41, 5.74) is 7.56. The molecule has 0 bridgehead atoms. The van der Waals surface area contributed by atoms with Gasteiger partial charge in [-0.3, -0.25) is 4.79 Å². The number of hydrogen-bond acceptors (Lipinski definition) is 5. The number of methoxy groups -OCH3 is 1. The van der Waals surface area contributed by atoms with Crippen LogP contribution < -0.4 is 10.1 Å². The maximum absolute atomic E-state index is 12.1. The molecule has 2 aromatic carbocycles. The van der Waals surface area contributed by atoms with Crippen molar-refractivity contribution >= 4 is 11.6 Å². The van der Waals surface area contributed by atoms with Gasteiger partial charge in [-0.25, -0.2) is 9.50 Å². The van der Waals surface area contributed by atoms with Crippen LogP contribution in [-0.2, 0) is 11.2 Å². The molecule has 38 heavy (non-hydrogen) atoms. The molecule has 1 saturated heterocycles. The smallest absolute Gasteiger partial charge is 0.246 e. The molecule has 1 fully saturated rings. The summed E-state index contributed by atoms with van der Waals surface area (Å²) in [6.45, 7) is 6.55. The maximum atomic E-state index is 12.1. The predicted octanol–water partition coefficient (Wildman–Crippen LogP) is 5.21. The number of fused-ring (bicyclic) bond motifs is 2. The zero-order chi connectivity index (χ0) is 26.2. The highest BCUT2D eigenvalue weighted by Gasteiger charge is 2.31. The first-order valence-corrected chi connectivity index (χ1v) is 13.4. The van der Waals surface area contributed by atoms with Crippen LogP contribution in [0.2, 0.25) is 0 Å². The molecule has 2 aromatic heterocycles. The Morgan fingerprint density at radius 3 is 2.71 bits per heavy atom. The fraction of sp³-hybridized carbons (Fsp3) is 0.323. The van der Waals surface area contributed by atoms with Gasteiger partial charge < -0.3 is 15.0 Å². The summed E-state index contributed by atoms with van der Waals surface area (Å²) in [6.07, 6.45) is 5.46. The van der Waals surface area contributed by atoms with Gasteiger partial charge in [-0.2, -0.15) is 0 Å². The van der Waals surface area contributed by atoms with Crippen molar-refractivity contribution in [3.8, 4) is 28.4 Å². The minimum atomic E-state index is 0.0325. The number of rotatable bonds is 6. The van der Waals surface area contributed by atoms with Crippen molar-refractivity contribution in [2.45, 2.75) is 50.7 Å². The molecule has 1 aliphatic heterocycles. The van der Waals surface area contributed by atoms with E-state index in [1.54, 1.807) is 7.11 Å². The monoisotopic (exact) mass is 507 g/mol. The third-order valence-electron chi connectivity index (χ3n) is 7.97. The van der Waals surface area contributed by atoms with Gasteiger partial charge in [0.05, 0.1) is 12.8 Å². The molecule has 0 saturated carbocycles. The quantitative estimate of drug-likeness (QED) is 0.363. The largest absolute Gasteiger partial charge is 0.480 e. The zero-order valence-corrected chi connectivity index (χ0v) is 21.9. The number of aromatic nitrogens is 3. The van der Waals surface area contributed by atoms with Crippen LogP contribution >= 0.6 is 0 Å². The summed E-state index contributed by atoms with van der Waals surface area (Å²) < 4.78 is 7.28. The normalized spacial score (nSPS) is 20.9. The minimum Gasteiger partial charge on any atom is -0.480 e. The zero-order valence-electron chi connectivity index (χ0n) is 21.9. The molecular weight excluding hydrogens is 474 g/mol.